The Morgan fingerprint density at radius 2 is 1.50 bits per heavy atom. The molecule has 4 aromatic rings. The van der Waals surface area contributed by atoms with Crippen molar-refractivity contribution < 1.29 is 28.2 Å². The van der Waals surface area contributed by atoms with Crippen LogP contribution in [0.2, 0.25) is 0 Å². The summed E-state index contributed by atoms with van der Waals surface area (Å²) in [6, 6.07) is 20.0. The highest BCUT2D eigenvalue weighted by Gasteiger charge is 2.20. The van der Waals surface area contributed by atoms with Crippen LogP contribution < -0.4 is 14.4 Å². The third-order valence-corrected chi connectivity index (χ3v) is 5.59. The van der Waals surface area contributed by atoms with Gasteiger partial charge in [0.05, 0.1) is 0 Å². The van der Waals surface area contributed by atoms with Gasteiger partial charge in [-0.3, -0.25) is 0 Å². The average molecular weight is 520 g/mol. The van der Waals surface area contributed by atoms with Gasteiger partial charge in [-0.25, -0.2) is 13.6 Å². The third-order valence-electron chi connectivity index (χ3n) is 5.59. The number of hydrogen-bond acceptors (Lipinski definition) is 6. The minimum atomic E-state index is -1.27. The van der Waals surface area contributed by atoms with Gasteiger partial charge in [-0.1, -0.05) is 30.3 Å². The van der Waals surface area contributed by atoms with Gasteiger partial charge >= 0.3 is 5.97 Å². The number of aromatic nitrogens is 1. The van der Waals surface area contributed by atoms with Gasteiger partial charge < -0.3 is 24.4 Å². The molecule has 38 heavy (non-hydrogen) atoms. The van der Waals surface area contributed by atoms with Gasteiger partial charge in [0.1, 0.15) is 17.1 Å². The van der Waals surface area contributed by atoms with Crippen molar-refractivity contribution in [3.63, 3.8) is 0 Å². The highest BCUT2D eigenvalue weighted by Crippen LogP contribution is 2.34. The molecule has 0 saturated carbocycles. The molecule has 0 atom stereocenters. The zero-order chi connectivity index (χ0) is 27.4. The van der Waals surface area contributed by atoms with Gasteiger partial charge in [-0.2, -0.15) is 4.98 Å². The number of ether oxygens (including phenoxy) is 2. The number of pyridine rings is 1. The van der Waals surface area contributed by atoms with Crippen LogP contribution in [0.5, 0.6) is 23.3 Å². The fraction of sp³-hybridized carbons (Fsp3) is 0.172. The van der Waals surface area contributed by atoms with Crippen LogP contribution in [0.4, 0.5) is 14.5 Å². The summed E-state index contributed by atoms with van der Waals surface area (Å²) in [6.07, 6.45) is 0. The van der Waals surface area contributed by atoms with Gasteiger partial charge in [0.25, 0.3) is 11.8 Å². The van der Waals surface area contributed by atoms with E-state index in [0.29, 0.717) is 11.8 Å². The van der Waals surface area contributed by atoms with Crippen LogP contribution in [0.1, 0.15) is 15.9 Å². The highest BCUT2D eigenvalue weighted by atomic mass is 19.1. The van der Waals surface area contributed by atoms with E-state index in [1.807, 2.05) is 38.4 Å². The highest BCUT2D eigenvalue weighted by molar-refractivity contribution is 5.91. The second kappa shape index (κ2) is 11.3. The number of carboxylic acid groups (broad SMARTS) is 1. The number of halogens is 2. The second-order valence-corrected chi connectivity index (χ2v) is 9.11. The number of hydrogen-bond donors (Lipinski definition) is 1. The Morgan fingerprint density at radius 3 is 2.16 bits per heavy atom. The van der Waals surface area contributed by atoms with E-state index in [4.69, 9.17) is 9.47 Å². The third kappa shape index (κ3) is 6.24. The lowest BCUT2D eigenvalue weighted by Gasteiger charge is -2.16. The molecule has 1 N–H and O–H groups in total. The number of anilines is 1. The molecule has 0 saturated heterocycles. The molecule has 0 fully saturated rings. The number of carbonyl (C=O) groups is 1. The van der Waals surface area contributed by atoms with E-state index in [1.54, 1.807) is 43.3 Å². The Balaban J connectivity index is 1.64. The Morgan fingerprint density at radius 1 is 0.842 bits per heavy atom. The first-order valence-electron chi connectivity index (χ1n) is 11.7. The summed E-state index contributed by atoms with van der Waals surface area (Å²) in [5.74, 6) is -4.40. The average Bonchev–Trinajstić information content (AvgIpc) is 2.86. The van der Waals surface area contributed by atoms with Crippen molar-refractivity contribution in [3.05, 3.63) is 95.6 Å². The van der Waals surface area contributed by atoms with Gasteiger partial charge in [0, 0.05) is 38.5 Å². The number of nitrogens with zero attached hydrogens (tertiary/aromatic N) is 3. The Labute approximate surface area is 219 Å². The summed E-state index contributed by atoms with van der Waals surface area (Å²) in [5, 5.41) is 9.52. The van der Waals surface area contributed by atoms with Crippen molar-refractivity contribution in [2.24, 2.45) is 0 Å². The maximum absolute atomic E-state index is 14.6. The largest absolute Gasteiger partial charge is 0.478 e. The van der Waals surface area contributed by atoms with Crippen molar-refractivity contribution >= 4 is 11.7 Å². The standard InChI is InChI=1S/C29H27F2N3O4/c1-33(2)17-18-7-5-8-19(13-18)20-9-6-10-22(14-20)37-27-24(30)16-25(31)28(32-27)38-26-15-21(34(3)4)11-12-23(26)29(35)36/h5-16H,17H2,1-4H3,(H,35,36). The molecule has 4 rings (SSSR count). The molecule has 1 heterocycles. The monoisotopic (exact) mass is 519 g/mol. The molecule has 196 valence electrons. The lowest BCUT2D eigenvalue weighted by molar-refractivity contribution is 0.0694. The van der Waals surface area contributed by atoms with Crippen LogP contribution in [-0.2, 0) is 6.54 Å². The summed E-state index contributed by atoms with van der Waals surface area (Å²) in [4.78, 5) is 19.3. The van der Waals surface area contributed by atoms with E-state index in [2.05, 4.69) is 16.0 Å². The van der Waals surface area contributed by atoms with E-state index in [9.17, 15) is 18.7 Å². The zero-order valence-corrected chi connectivity index (χ0v) is 21.4. The topological polar surface area (TPSA) is 75.1 Å². The molecule has 0 aliphatic heterocycles. The van der Waals surface area contributed by atoms with Crippen LogP contribution >= 0.6 is 0 Å². The van der Waals surface area contributed by atoms with Crippen LogP contribution in [0.25, 0.3) is 11.1 Å². The zero-order valence-electron chi connectivity index (χ0n) is 21.4. The van der Waals surface area contributed by atoms with Crippen LogP contribution in [-0.4, -0.2) is 49.2 Å². The SMILES string of the molecule is CN(C)Cc1cccc(-c2cccc(Oc3nc(Oc4cc(N(C)C)ccc4C(=O)O)c(F)cc3F)c2)c1. The smallest absolute Gasteiger partial charge is 0.339 e. The number of aromatic carboxylic acids is 1. The summed E-state index contributed by atoms with van der Waals surface area (Å²) in [6.45, 7) is 0.776. The number of carboxylic acids is 1. The first-order valence-corrected chi connectivity index (χ1v) is 11.7. The molecule has 0 radical (unpaired) electrons. The quantitative estimate of drug-likeness (QED) is 0.273. The second-order valence-electron chi connectivity index (χ2n) is 9.11. The van der Waals surface area contributed by atoms with E-state index < -0.39 is 29.4 Å². The van der Waals surface area contributed by atoms with Crippen molar-refractivity contribution in [2.45, 2.75) is 6.54 Å². The molecule has 7 nitrogen and oxygen atoms in total. The fourth-order valence-corrected chi connectivity index (χ4v) is 3.80. The molecule has 3 aromatic carbocycles. The summed E-state index contributed by atoms with van der Waals surface area (Å²) in [7, 11) is 7.50. The molecule has 9 heteroatoms. The lowest BCUT2D eigenvalue weighted by Crippen LogP contribution is -2.10. The van der Waals surface area contributed by atoms with E-state index in [-0.39, 0.29) is 17.1 Å². The van der Waals surface area contributed by atoms with Crippen LogP contribution in [0.15, 0.2) is 72.8 Å². The molecule has 0 unspecified atom stereocenters. The Bertz CT molecular complexity index is 1470. The first kappa shape index (κ1) is 26.6. The maximum atomic E-state index is 14.6. The predicted molar refractivity (Wildman–Crippen MR) is 141 cm³/mol. The summed E-state index contributed by atoms with van der Waals surface area (Å²) >= 11 is 0. The van der Waals surface area contributed by atoms with E-state index >= 15 is 0 Å². The van der Waals surface area contributed by atoms with E-state index in [0.717, 1.165) is 23.2 Å². The fourth-order valence-electron chi connectivity index (χ4n) is 3.80. The van der Waals surface area contributed by atoms with Gasteiger partial charge in [0.15, 0.2) is 11.6 Å². The molecule has 0 amide bonds. The van der Waals surface area contributed by atoms with Crippen molar-refractivity contribution in [3.8, 4) is 34.4 Å². The van der Waals surface area contributed by atoms with Crippen molar-refractivity contribution in [1.82, 2.24) is 9.88 Å². The molecule has 0 spiro atoms. The molecular weight excluding hydrogens is 492 g/mol. The van der Waals surface area contributed by atoms with Crippen molar-refractivity contribution in [1.29, 1.82) is 0 Å². The van der Waals surface area contributed by atoms with Gasteiger partial charge in [0.2, 0.25) is 0 Å². The number of benzene rings is 3. The Kier molecular flexibility index (Phi) is 7.87. The van der Waals surface area contributed by atoms with Crippen LogP contribution in [0, 0.1) is 11.6 Å². The summed E-state index contributed by atoms with van der Waals surface area (Å²) < 4.78 is 40.5. The molecule has 0 bridgehead atoms. The molecule has 0 aliphatic carbocycles. The predicted octanol–water partition coefficient (Wildman–Crippen LogP) is 6.44. The molecular formula is C29H27F2N3O4. The minimum absolute atomic E-state index is 0.146. The summed E-state index contributed by atoms with van der Waals surface area (Å²) in [5.41, 5.74) is 3.34. The normalized spacial score (nSPS) is 10.9. The van der Waals surface area contributed by atoms with Gasteiger partial charge in [-0.05, 0) is 61.1 Å². The lowest BCUT2D eigenvalue weighted by atomic mass is 10.0. The molecule has 0 aliphatic rings. The minimum Gasteiger partial charge on any atom is -0.478 e. The first-order chi connectivity index (χ1) is 18.1. The molecule has 1 aromatic heterocycles. The number of rotatable bonds is 9. The van der Waals surface area contributed by atoms with E-state index in [1.165, 1.54) is 12.1 Å². The maximum Gasteiger partial charge on any atom is 0.339 e. The Hall–Kier alpha value is -4.50. The van der Waals surface area contributed by atoms with Crippen molar-refractivity contribution in [2.75, 3.05) is 33.1 Å². The van der Waals surface area contributed by atoms with Crippen LogP contribution in [0.3, 0.4) is 0 Å². The van der Waals surface area contributed by atoms with Gasteiger partial charge in [-0.15, -0.1) is 0 Å².